The third-order valence-corrected chi connectivity index (χ3v) is 6.85. The summed E-state index contributed by atoms with van der Waals surface area (Å²) in [7, 11) is 1.66. The Kier molecular flexibility index (Phi) is 7.13. The Hall–Kier alpha value is -3.20. The molecule has 2 atom stereocenters. The Labute approximate surface area is 205 Å². The van der Waals surface area contributed by atoms with Gasteiger partial charge in [-0.05, 0) is 72.8 Å². The lowest BCUT2D eigenvalue weighted by Crippen LogP contribution is -2.45. The van der Waals surface area contributed by atoms with E-state index in [1.165, 1.54) is 0 Å². The van der Waals surface area contributed by atoms with Crippen LogP contribution in [0.3, 0.4) is 0 Å². The predicted molar refractivity (Wildman–Crippen MR) is 135 cm³/mol. The van der Waals surface area contributed by atoms with Gasteiger partial charge in [-0.15, -0.1) is 0 Å². The number of nitrogens with zero attached hydrogens (tertiary/aromatic N) is 2. The van der Waals surface area contributed by atoms with Gasteiger partial charge in [-0.3, -0.25) is 14.7 Å². The van der Waals surface area contributed by atoms with E-state index in [0.717, 1.165) is 65.9 Å². The molecule has 0 aliphatic carbocycles. The number of anilines is 1. The largest absolute Gasteiger partial charge is 0.497 e. The quantitative estimate of drug-likeness (QED) is 0.460. The molecule has 2 aromatic carbocycles. The van der Waals surface area contributed by atoms with E-state index in [2.05, 4.69) is 20.5 Å². The molecule has 1 aromatic heterocycles. The van der Waals surface area contributed by atoms with Gasteiger partial charge in [0.05, 0.1) is 18.3 Å². The molecule has 3 heterocycles. The van der Waals surface area contributed by atoms with Crippen molar-refractivity contribution in [2.24, 2.45) is 5.92 Å². The Morgan fingerprint density at radius 2 is 2.20 bits per heavy atom. The van der Waals surface area contributed by atoms with Crippen molar-refractivity contribution in [2.75, 3.05) is 38.7 Å². The van der Waals surface area contributed by atoms with E-state index < -0.39 is 6.23 Å². The van der Waals surface area contributed by atoms with Crippen LogP contribution in [0.15, 0.2) is 48.7 Å². The van der Waals surface area contributed by atoms with Crippen LogP contribution in [0, 0.1) is 5.92 Å². The van der Waals surface area contributed by atoms with E-state index in [1.54, 1.807) is 13.3 Å². The van der Waals surface area contributed by atoms with Crippen LogP contribution >= 0.6 is 0 Å². The number of rotatable bonds is 8. The first kappa shape index (κ1) is 23.5. The molecule has 0 saturated carbocycles. The summed E-state index contributed by atoms with van der Waals surface area (Å²) in [6.45, 7) is 3.41. The van der Waals surface area contributed by atoms with Gasteiger partial charge < -0.3 is 25.2 Å². The topological polar surface area (TPSA) is 96.0 Å². The molecule has 3 aromatic rings. The van der Waals surface area contributed by atoms with Crippen molar-refractivity contribution in [2.45, 2.75) is 32.0 Å². The SMILES string of the molecule is COc1ccc2nccc(CC(O)N3CCC[C@@H](CNCc4ccc5c(c4)NC(=O)CO5)C3)c2c1. The molecule has 184 valence electrons. The summed E-state index contributed by atoms with van der Waals surface area (Å²) in [4.78, 5) is 18.2. The molecular weight excluding hydrogens is 444 g/mol. The normalized spacial score (nSPS) is 19.0. The molecule has 2 aliphatic rings. The number of aliphatic hydroxyl groups is 1. The van der Waals surface area contributed by atoms with E-state index in [-0.39, 0.29) is 12.5 Å². The van der Waals surface area contributed by atoms with Crippen molar-refractivity contribution < 1.29 is 19.4 Å². The number of likely N-dealkylation sites (tertiary alicyclic amines) is 1. The summed E-state index contributed by atoms with van der Waals surface area (Å²) < 4.78 is 10.8. The minimum Gasteiger partial charge on any atom is -0.497 e. The second-order valence-electron chi connectivity index (χ2n) is 9.34. The third kappa shape index (κ3) is 5.56. The van der Waals surface area contributed by atoms with E-state index in [9.17, 15) is 9.90 Å². The Morgan fingerprint density at radius 3 is 3.09 bits per heavy atom. The molecule has 3 N–H and O–H groups in total. The highest BCUT2D eigenvalue weighted by molar-refractivity contribution is 5.95. The van der Waals surface area contributed by atoms with Crippen LogP contribution < -0.4 is 20.1 Å². The number of carbonyl (C=O) groups is 1. The van der Waals surface area contributed by atoms with Gasteiger partial charge in [0, 0.05) is 37.6 Å². The highest BCUT2D eigenvalue weighted by atomic mass is 16.5. The van der Waals surface area contributed by atoms with Crippen LogP contribution in [0.2, 0.25) is 0 Å². The first-order valence-electron chi connectivity index (χ1n) is 12.2. The number of carbonyl (C=O) groups excluding carboxylic acids is 1. The maximum atomic E-state index is 11.6. The Morgan fingerprint density at radius 1 is 1.29 bits per heavy atom. The zero-order valence-corrected chi connectivity index (χ0v) is 20.0. The zero-order valence-electron chi connectivity index (χ0n) is 20.0. The number of fused-ring (bicyclic) bond motifs is 2. The average molecular weight is 477 g/mol. The molecule has 1 amide bonds. The predicted octanol–water partition coefficient (Wildman–Crippen LogP) is 2.94. The highest BCUT2D eigenvalue weighted by Gasteiger charge is 2.25. The molecule has 0 bridgehead atoms. The first-order chi connectivity index (χ1) is 17.1. The number of ether oxygens (including phenoxy) is 2. The van der Waals surface area contributed by atoms with Crippen LogP contribution in [0.4, 0.5) is 5.69 Å². The number of aromatic nitrogens is 1. The smallest absolute Gasteiger partial charge is 0.262 e. The Balaban J connectivity index is 1.16. The fourth-order valence-electron chi connectivity index (χ4n) is 5.01. The summed E-state index contributed by atoms with van der Waals surface area (Å²) in [6, 6.07) is 13.7. The standard InChI is InChI=1S/C27H32N4O4/c1-34-21-5-6-23-22(13-21)20(8-9-29-23)12-27(33)31-10-2-3-19(16-31)15-28-14-18-4-7-25-24(11-18)30-26(32)17-35-25/h4-9,11,13,19,27-28,33H,2-3,10,12,14-17H2,1H3,(H,30,32)/t19-,27?/m0/s1. The van der Waals surface area contributed by atoms with Gasteiger partial charge in [-0.1, -0.05) is 6.07 Å². The third-order valence-electron chi connectivity index (χ3n) is 6.85. The van der Waals surface area contributed by atoms with Crippen molar-refractivity contribution in [3.8, 4) is 11.5 Å². The number of amides is 1. The van der Waals surface area contributed by atoms with E-state index in [1.807, 2.05) is 42.5 Å². The van der Waals surface area contributed by atoms with Crippen LogP contribution in [-0.4, -0.2) is 60.5 Å². The van der Waals surface area contributed by atoms with Gasteiger partial charge in [0.2, 0.25) is 0 Å². The van der Waals surface area contributed by atoms with Crippen molar-refractivity contribution in [1.82, 2.24) is 15.2 Å². The van der Waals surface area contributed by atoms with Gasteiger partial charge in [-0.25, -0.2) is 0 Å². The number of piperidine rings is 1. The molecule has 35 heavy (non-hydrogen) atoms. The summed E-state index contributed by atoms with van der Waals surface area (Å²) >= 11 is 0. The first-order valence-corrected chi connectivity index (χ1v) is 12.2. The van der Waals surface area contributed by atoms with Gasteiger partial charge in [0.15, 0.2) is 6.61 Å². The van der Waals surface area contributed by atoms with Crippen molar-refractivity contribution in [3.05, 3.63) is 59.8 Å². The number of benzene rings is 2. The maximum absolute atomic E-state index is 11.6. The lowest BCUT2D eigenvalue weighted by atomic mass is 9.96. The average Bonchev–Trinajstić information content (AvgIpc) is 2.88. The number of methoxy groups -OCH3 is 1. The van der Waals surface area contributed by atoms with Gasteiger partial charge >= 0.3 is 0 Å². The van der Waals surface area contributed by atoms with E-state index in [4.69, 9.17) is 9.47 Å². The van der Waals surface area contributed by atoms with Crippen LogP contribution in [-0.2, 0) is 17.8 Å². The van der Waals surface area contributed by atoms with Crippen molar-refractivity contribution in [1.29, 1.82) is 0 Å². The molecule has 8 heteroatoms. The fraction of sp³-hybridized carbons (Fsp3) is 0.407. The molecule has 0 spiro atoms. The number of pyridine rings is 1. The highest BCUT2D eigenvalue weighted by Crippen LogP contribution is 2.29. The summed E-state index contributed by atoms with van der Waals surface area (Å²) in [5.41, 5.74) is 3.81. The number of hydrogen-bond acceptors (Lipinski definition) is 7. The zero-order chi connectivity index (χ0) is 24.2. The summed E-state index contributed by atoms with van der Waals surface area (Å²) in [5.74, 6) is 1.85. The van der Waals surface area contributed by atoms with Crippen LogP contribution in [0.25, 0.3) is 10.9 Å². The molecule has 0 radical (unpaired) electrons. The monoisotopic (exact) mass is 476 g/mol. The second kappa shape index (κ2) is 10.6. The molecule has 1 fully saturated rings. The lowest BCUT2D eigenvalue weighted by molar-refractivity contribution is -0.118. The molecule has 8 nitrogen and oxygen atoms in total. The van der Waals surface area contributed by atoms with Crippen LogP contribution in [0.1, 0.15) is 24.0 Å². The Bertz CT molecular complexity index is 1200. The minimum absolute atomic E-state index is 0.0696. The number of aliphatic hydroxyl groups excluding tert-OH is 1. The van der Waals surface area contributed by atoms with E-state index in [0.29, 0.717) is 24.6 Å². The molecule has 2 aliphatic heterocycles. The summed E-state index contributed by atoms with van der Waals surface area (Å²) in [5, 5.41) is 18.5. The maximum Gasteiger partial charge on any atom is 0.262 e. The molecule has 5 rings (SSSR count). The van der Waals surface area contributed by atoms with Crippen molar-refractivity contribution >= 4 is 22.5 Å². The number of hydrogen-bond donors (Lipinski definition) is 3. The van der Waals surface area contributed by atoms with Gasteiger partial charge in [-0.2, -0.15) is 0 Å². The van der Waals surface area contributed by atoms with Gasteiger partial charge in [0.1, 0.15) is 17.7 Å². The van der Waals surface area contributed by atoms with Crippen LogP contribution in [0.5, 0.6) is 11.5 Å². The molecular formula is C27H32N4O4. The lowest BCUT2D eigenvalue weighted by Gasteiger charge is -2.36. The minimum atomic E-state index is -0.543. The number of nitrogens with one attached hydrogen (secondary N) is 2. The molecule has 1 unspecified atom stereocenters. The van der Waals surface area contributed by atoms with Gasteiger partial charge in [0.25, 0.3) is 5.91 Å². The van der Waals surface area contributed by atoms with E-state index >= 15 is 0 Å². The molecule has 1 saturated heterocycles. The summed E-state index contributed by atoms with van der Waals surface area (Å²) in [6.07, 6.45) is 4.02. The second-order valence-corrected chi connectivity index (χ2v) is 9.34. The van der Waals surface area contributed by atoms with Crippen molar-refractivity contribution in [3.63, 3.8) is 0 Å². The fourth-order valence-corrected chi connectivity index (χ4v) is 5.01.